The molecule has 3 heterocycles. The number of aromatic nitrogens is 4. The average Bonchev–Trinajstić information content (AvgIpc) is 3.17. The molecule has 0 saturated carbocycles. The summed E-state index contributed by atoms with van der Waals surface area (Å²) in [5.74, 6) is -6.78. The van der Waals surface area contributed by atoms with Gasteiger partial charge in [-0.3, -0.25) is 0 Å². The zero-order valence-electron chi connectivity index (χ0n) is 18.7. The lowest BCUT2D eigenvalue weighted by Crippen LogP contribution is -2.41. The SMILES string of the molecule is CCS(=O)(=O)c1cc(-c2ccc(F)cc2)cnc1-n1nc2cc(OCC(F)(F)C(F)(F)F)ccn2c1=O. The number of ether oxygens (including phenoxy) is 1. The molecule has 0 unspecified atom stereocenters. The van der Waals surface area contributed by atoms with Crippen LogP contribution in [-0.2, 0) is 9.84 Å². The number of alkyl halides is 5. The van der Waals surface area contributed by atoms with Crippen molar-refractivity contribution in [2.45, 2.75) is 23.9 Å². The van der Waals surface area contributed by atoms with Crippen LogP contribution < -0.4 is 10.4 Å². The maximum absolute atomic E-state index is 13.3. The van der Waals surface area contributed by atoms with Crippen molar-refractivity contribution in [3.63, 3.8) is 0 Å². The molecule has 0 amide bonds. The smallest absolute Gasteiger partial charge is 0.456 e. The van der Waals surface area contributed by atoms with Gasteiger partial charge in [0.05, 0.1) is 5.75 Å². The Balaban J connectivity index is 1.78. The van der Waals surface area contributed by atoms with Crippen LogP contribution in [0, 0.1) is 5.82 Å². The van der Waals surface area contributed by atoms with E-state index >= 15 is 0 Å². The zero-order chi connectivity index (χ0) is 27.2. The number of rotatable bonds is 7. The van der Waals surface area contributed by atoms with Gasteiger partial charge >= 0.3 is 17.8 Å². The lowest BCUT2D eigenvalue weighted by molar-refractivity contribution is -0.290. The van der Waals surface area contributed by atoms with E-state index in [0.717, 1.165) is 22.7 Å². The third kappa shape index (κ3) is 5.03. The minimum atomic E-state index is -5.82. The molecule has 196 valence electrons. The van der Waals surface area contributed by atoms with Crippen molar-refractivity contribution in [2.24, 2.45) is 0 Å². The molecular weight excluding hydrogens is 530 g/mol. The molecule has 1 aromatic carbocycles. The number of pyridine rings is 2. The third-order valence-electron chi connectivity index (χ3n) is 5.26. The van der Waals surface area contributed by atoms with Gasteiger partial charge in [-0.2, -0.15) is 26.6 Å². The molecule has 0 atom stereocenters. The number of halogens is 6. The highest BCUT2D eigenvalue weighted by Gasteiger charge is 2.58. The zero-order valence-corrected chi connectivity index (χ0v) is 19.5. The standard InChI is InChI=1S/C22H16F6N4O4S/c1-2-37(34,35)17-9-14(13-3-5-15(23)6-4-13)11-29-19(17)32-20(33)31-8-7-16(10-18(31)30-32)36-12-21(24,25)22(26,27)28/h3-11H,2,12H2,1H3. The number of nitrogens with zero attached hydrogens (tertiary/aromatic N) is 4. The van der Waals surface area contributed by atoms with Crippen LogP contribution in [0.15, 0.2) is 64.5 Å². The molecule has 8 nitrogen and oxygen atoms in total. The van der Waals surface area contributed by atoms with Crippen molar-refractivity contribution in [3.05, 3.63) is 71.2 Å². The van der Waals surface area contributed by atoms with Gasteiger partial charge in [0.2, 0.25) is 0 Å². The van der Waals surface area contributed by atoms with E-state index < -0.39 is 45.8 Å². The minimum Gasteiger partial charge on any atom is -0.487 e. The van der Waals surface area contributed by atoms with Crippen molar-refractivity contribution < 1.29 is 39.5 Å². The highest BCUT2D eigenvalue weighted by molar-refractivity contribution is 7.91. The molecule has 0 aliphatic heterocycles. The normalized spacial score (nSPS) is 12.7. The van der Waals surface area contributed by atoms with Crippen LogP contribution in [0.1, 0.15) is 6.92 Å². The van der Waals surface area contributed by atoms with E-state index in [1.807, 2.05) is 0 Å². The van der Waals surface area contributed by atoms with Crippen LogP contribution in [-0.4, -0.2) is 52.0 Å². The summed E-state index contributed by atoms with van der Waals surface area (Å²) in [6, 6.07) is 8.33. The molecule has 3 aromatic heterocycles. The van der Waals surface area contributed by atoms with Crippen LogP contribution in [0.2, 0.25) is 0 Å². The Morgan fingerprint density at radius 1 is 1.00 bits per heavy atom. The molecule has 37 heavy (non-hydrogen) atoms. The Bertz CT molecular complexity index is 1630. The van der Waals surface area contributed by atoms with E-state index in [4.69, 9.17) is 0 Å². The van der Waals surface area contributed by atoms with E-state index in [9.17, 15) is 39.6 Å². The summed E-state index contributed by atoms with van der Waals surface area (Å²) < 4.78 is 109. The first-order chi connectivity index (χ1) is 17.2. The molecule has 0 fully saturated rings. The first-order valence-corrected chi connectivity index (χ1v) is 12.1. The molecule has 4 aromatic rings. The maximum atomic E-state index is 13.3. The first-order valence-electron chi connectivity index (χ1n) is 10.4. The fourth-order valence-electron chi connectivity index (χ4n) is 3.22. The second kappa shape index (κ2) is 9.21. The van der Waals surface area contributed by atoms with Gasteiger partial charge < -0.3 is 4.74 Å². The maximum Gasteiger partial charge on any atom is 0.456 e. The van der Waals surface area contributed by atoms with Crippen molar-refractivity contribution in [2.75, 3.05) is 12.4 Å². The molecule has 0 N–H and O–H groups in total. The van der Waals surface area contributed by atoms with Gasteiger partial charge in [-0.15, -0.1) is 5.10 Å². The van der Waals surface area contributed by atoms with Crippen molar-refractivity contribution >= 4 is 15.5 Å². The molecule has 0 aliphatic carbocycles. The minimum absolute atomic E-state index is 0.234. The first kappa shape index (κ1) is 26.2. The topological polar surface area (TPSA) is 95.6 Å². The fourth-order valence-corrected chi connectivity index (χ4v) is 4.25. The summed E-state index contributed by atoms with van der Waals surface area (Å²) in [7, 11) is -3.98. The number of hydrogen-bond acceptors (Lipinski definition) is 6. The van der Waals surface area contributed by atoms with Crippen LogP contribution in [0.5, 0.6) is 5.75 Å². The molecular formula is C22H16F6N4O4S. The van der Waals surface area contributed by atoms with Gasteiger partial charge in [0.1, 0.15) is 16.5 Å². The van der Waals surface area contributed by atoms with Crippen molar-refractivity contribution in [1.29, 1.82) is 0 Å². The Hall–Kier alpha value is -3.88. The van der Waals surface area contributed by atoms with Crippen LogP contribution in [0.25, 0.3) is 22.6 Å². The summed E-state index contributed by atoms with van der Waals surface area (Å²) in [5, 5.41) is 3.96. The lowest BCUT2D eigenvalue weighted by Gasteiger charge is -2.19. The number of hydrogen-bond donors (Lipinski definition) is 0. The van der Waals surface area contributed by atoms with E-state index in [0.29, 0.717) is 15.8 Å². The molecule has 0 aliphatic rings. The lowest BCUT2D eigenvalue weighted by atomic mass is 10.1. The Morgan fingerprint density at radius 2 is 1.68 bits per heavy atom. The van der Waals surface area contributed by atoms with Gasteiger partial charge in [-0.1, -0.05) is 19.1 Å². The van der Waals surface area contributed by atoms with Crippen LogP contribution in [0.4, 0.5) is 26.3 Å². The molecule has 0 saturated heterocycles. The van der Waals surface area contributed by atoms with E-state index in [-0.39, 0.29) is 22.1 Å². The monoisotopic (exact) mass is 546 g/mol. The molecule has 0 bridgehead atoms. The van der Waals surface area contributed by atoms with E-state index in [1.54, 1.807) is 0 Å². The summed E-state index contributed by atoms with van der Waals surface area (Å²) in [6.45, 7) is -0.626. The highest BCUT2D eigenvalue weighted by atomic mass is 32.2. The predicted molar refractivity (Wildman–Crippen MR) is 118 cm³/mol. The van der Waals surface area contributed by atoms with Crippen LogP contribution in [0.3, 0.4) is 0 Å². The van der Waals surface area contributed by atoms with Gasteiger partial charge in [-0.25, -0.2) is 27.0 Å². The largest absolute Gasteiger partial charge is 0.487 e. The van der Waals surface area contributed by atoms with E-state index in [2.05, 4.69) is 14.8 Å². The second-order valence-corrected chi connectivity index (χ2v) is 9.98. The number of benzene rings is 1. The molecule has 0 spiro atoms. The van der Waals surface area contributed by atoms with Gasteiger partial charge in [0.15, 0.2) is 27.9 Å². The van der Waals surface area contributed by atoms with Crippen molar-refractivity contribution in [3.8, 4) is 22.7 Å². The van der Waals surface area contributed by atoms with Gasteiger partial charge in [0, 0.05) is 24.0 Å². The molecule has 4 rings (SSSR count). The number of sulfone groups is 1. The van der Waals surface area contributed by atoms with E-state index in [1.165, 1.54) is 43.5 Å². The second-order valence-electron chi connectivity index (χ2n) is 7.73. The number of fused-ring (bicyclic) bond motifs is 1. The average molecular weight is 546 g/mol. The molecule has 15 heteroatoms. The van der Waals surface area contributed by atoms with Gasteiger partial charge in [0.25, 0.3) is 0 Å². The quantitative estimate of drug-likeness (QED) is 0.325. The fraction of sp³-hybridized carbons (Fsp3) is 0.227. The predicted octanol–water partition coefficient (Wildman–Crippen LogP) is 4.06. The van der Waals surface area contributed by atoms with Gasteiger partial charge in [-0.05, 0) is 29.8 Å². The summed E-state index contributed by atoms with van der Waals surface area (Å²) >= 11 is 0. The molecule has 0 radical (unpaired) electrons. The Kier molecular flexibility index (Phi) is 6.52. The Morgan fingerprint density at radius 3 is 2.30 bits per heavy atom. The van der Waals surface area contributed by atoms with Crippen molar-refractivity contribution in [1.82, 2.24) is 19.2 Å². The summed E-state index contributed by atoms with van der Waals surface area (Å²) in [4.78, 5) is 16.7. The summed E-state index contributed by atoms with van der Waals surface area (Å²) in [6.07, 6.45) is -3.55. The van der Waals surface area contributed by atoms with Crippen LogP contribution >= 0.6 is 0 Å². The Labute approximate surface area is 204 Å². The highest BCUT2D eigenvalue weighted by Crippen LogP contribution is 2.35. The summed E-state index contributed by atoms with van der Waals surface area (Å²) in [5.41, 5.74) is -0.361. The third-order valence-corrected chi connectivity index (χ3v) is 6.99.